The molecule has 1 aromatic heterocycles. The van der Waals surface area contributed by atoms with E-state index in [1.54, 1.807) is 7.05 Å². The second kappa shape index (κ2) is 3.99. The maximum absolute atomic E-state index is 11.2. The molecule has 1 aromatic rings. The molecule has 6 nitrogen and oxygen atoms in total. The molecule has 0 saturated heterocycles. The van der Waals surface area contributed by atoms with Crippen LogP contribution in [0.2, 0.25) is 0 Å². The summed E-state index contributed by atoms with van der Waals surface area (Å²) in [5, 5.41) is 7.36. The van der Waals surface area contributed by atoms with E-state index in [0.29, 0.717) is 5.69 Å². The number of esters is 1. The van der Waals surface area contributed by atoms with E-state index >= 15 is 0 Å². The van der Waals surface area contributed by atoms with Gasteiger partial charge in [0.15, 0.2) is 0 Å². The van der Waals surface area contributed by atoms with Gasteiger partial charge < -0.3 is 10.5 Å². The molecule has 0 aromatic carbocycles. The van der Waals surface area contributed by atoms with Gasteiger partial charge >= 0.3 is 5.97 Å². The Morgan fingerprint density at radius 3 is 2.92 bits per heavy atom. The molecule has 0 radical (unpaired) electrons. The van der Waals surface area contributed by atoms with Gasteiger partial charge in [-0.3, -0.25) is 9.48 Å². The second-order valence-electron chi connectivity index (χ2n) is 2.59. The molecular formula is C7H12N4O2. The molecule has 0 aliphatic carbocycles. The van der Waals surface area contributed by atoms with Crippen LogP contribution in [-0.2, 0) is 16.6 Å². The van der Waals surface area contributed by atoms with Crippen molar-refractivity contribution in [3.8, 4) is 0 Å². The van der Waals surface area contributed by atoms with Crippen molar-refractivity contribution in [3.05, 3.63) is 11.9 Å². The topological polar surface area (TPSA) is 83.0 Å². The predicted molar refractivity (Wildman–Crippen MR) is 44.8 cm³/mol. The van der Waals surface area contributed by atoms with Gasteiger partial charge in [-0.25, -0.2) is 0 Å². The molecule has 1 unspecified atom stereocenters. The van der Waals surface area contributed by atoms with Crippen molar-refractivity contribution in [2.24, 2.45) is 12.8 Å². The van der Waals surface area contributed by atoms with Crippen molar-refractivity contribution in [1.82, 2.24) is 15.0 Å². The molecule has 0 amide bonds. The average molecular weight is 184 g/mol. The largest absolute Gasteiger partial charge is 0.468 e. The average Bonchev–Trinajstić information content (AvgIpc) is 2.53. The van der Waals surface area contributed by atoms with Crippen LogP contribution in [0.4, 0.5) is 0 Å². The van der Waals surface area contributed by atoms with Gasteiger partial charge in [0.25, 0.3) is 0 Å². The molecule has 0 aliphatic heterocycles. The number of nitrogens with zero attached hydrogens (tertiary/aromatic N) is 3. The number of aromatic nitrogens is 3. The molecule has 0 saturated carbocycles. The third kappa shape index (κ3) is 1.83. The predicted octanol–water partition coefficient (Wildman–Crippen LogP) is -0.970. The first-order valence-corrected chi connectivity index (χ1v) is 3.83. The lowest BCUT2D eigenvalue weighted by Gasteiger charge is -2.10. The molecule has 1 rings (SSSR count). The van der Waals surface area contributed by atoms with Crippen LogP contribution in [0.1, 0.15) is 11.6 Å². The van der Waals surface area contributed by atoms with Gasteiger partial charge in [0.05, 0.1) is 19.0 Å². The number of hydrogen-bond donors (Lipinski definition) is 1. The molecule has 1 atom stereocenters. The van der Waals surface area contributed by atoms with E-state index in [-0.39, 0.29) is 12.5 Å². The number of nitrogens with two attached hydrogens (primary N) is 1. The van der Waals surface area contributed by atoms with Crippen molar-refractivity contribution >= 4 is 5.97 Å². The summed E-state index contributed by atoms with van der Waals surface area (Å²) in [7, 11) is 3.03. The Balaban J connectivity index is 2.90. The van der Waals surface area contributed by atoms with Gasteiger partial charge in [-0.05, 0) is 0 Å². The molecule has 0 bridgehead atoms. The first kappa shape index (κ1) is 9.66. The van der Waals surface area contributed by atoms with E-state index < -0.39 is 5.92 Å². The number of rotatable bonds is 3. The molecule has 6 heteroatoms. The highest BCUT2D eigenvalue weighted by Gasteiger charge is 2.22. The lowest BCUT2D eigenvalue weighted by atomic mass is 10.1. The summed E-state index contributed by atoms with van der Waals surface area (Å²) in [6.45, 7) is 0.188. The van der Waals surface area contributed by atoms with E-state index in [9.17, 15) is 4.79 Å². The molecule has 0 fully saturated rings. The summed E-state index contributed by atoms with van der Waals surface area (Å²) >= 11 is 0. The van der Waals surface area contributed by atoms with Crippen LogP contribution in [0.3, 0.4) is 0 Å². The van der Waals surface area contributed by atoms with Crippen LogP contribution < -0.4 is 5.73 Å². The van der Waals surface area contributed by atoms with E-state index in [1.807, 2.05) is 0 Å². The number of aryl methyl sites for hydroxylation is 1. The quantitative estimate of drug-likeness (QED) is 0.611. The van der Waals surface area contributed by atoms with Crippen molar-refractivity contribution in [3.63, 3.8) is 0 Å². The van der Waals surface area contributed by atoms with Crippen molar-refractivity contribution in [2.75, 3.05) is 13.7 Å². The summed E-state index contributed by atoms with van der Waals surface area (Å²) in [5.74, 6) is -0.849. The maximum atomic E-state index is 11.2. The van der Waals surface area contributed by atoms with Crippen LogP contribution in [0.5, 0.6) is 0 Å². The normalized spacial score (nSPS) is 12.5. The van der Waals surface area contributed by atoms with Crippen LogP contribution in [0.15, 0.2) is 6.20 Å². The molecule has 1 heterocycles. The molecule has 0 spiro atoms. The highest BCUT2D eigenvalue weighted by molar-refractivity contribution is 5.77. The summed E-state index contributed by atoms with van der Waals surface area (Å²) in [6.07, 6.45) is 1.51. The molecule has 0 aliphatic rings. The van der Waals surface area contributed by atoms with Gasteiger partial charge in [-0.15, -0.1) is 5.10 Å². The summed E-state index contributed by atoms with van der Waals surface area (Å²) in [5.41, 5.74) is 6.10. The Labute approximate surface area is 75.7 Å². The summed E-state index contributed by atoms with van der Waals surface area (Å²) < 4.78 is 6.10. The Morgan fingerprint density at radius 2 is 2.54 bits per heavy atom. The SMILES string of the molecule is COC(=O)C(CN)c1cnnn1C. The zero-order valence-electron chi connectivity index (χ0n) is 7.60. The van der Waals surface area contributed by atoms with E-state index in [1.165, 1.54) is 18.0 Å². The fraction of sp³-hybridized carbons (Fsp3) is 0.571. The molecule has 72 valence electrons. The second-order valence-corrected chi connectivity index (χ2v) is 2.59. The van der Waals surface area contributed by atoms with Gasteiger partial charge in [0.1, 0.15) is 5.92 Å². The van der Waals surface area contributed by atoms with E-state index in [4.69, 9.17) is 5.73 Å². The lowest BCUT2D eigenvalue weighted by Crippen LogP contribution is -2.24. The minimum absolute atomic E-state index is 0.188. The molecule has 13 heavy (non-hydrogen) atoms. The summed E-state index contributed by atoms with van der Waals surface area (Å²) in [6, 6.07) is 0. The number of carbonyl (C=O) groups excluding carboxylic acids is 1. The van der Waals surface area contributed by atoms with Gasteiger partial charge in [0, 0.05) is 13.6 Å². The minimum atomic E-state index is -0.481. The maximum Gasteiger partial charge on any atom is 0.316 e. The van der Waals surface area contributed by atoms with Gasteiger partial charge in [0.2, 0.25) is 0 Å². The summed E-state index contributed by atoms with van der Waals surface area (Å²) in [4.78, 5) is 11.2. The van der Waals surface area contributed by atoms with E-state index in [0.717, 1.165) is 0 Å². The fourth-order valence-corrected chi connectivity index (χ4v) is 1.09. The van der Waals surface area contributed by atoms with Crippen molar-refractivity contribution < 1.29 is 9.53 Å². The Hall–Kier alpha value is -1.43. The Kier molecular flexibility index (Phi) is 2.97. The minimum Gasteiger partial charge on any atom is -0.468 e. The highest BCUT2D eigenvalue weighted by Crippen LogP contribution is 2.13. The third-order valence-electron chi connectivity index (χ3n) is 1.83. The van der Waals surface area contributed by atoms with Crippen molar-refractivity contribution in [1.29, 1.82) is 0 Å². The monoisotopic (exact) mass is 184 g/mol. The number of hydrogen-bond acceptors (Lipinski definition) is 5. The highest BCUT2D eigenvalue weighted by atomic mass is 16.5. The van der Waals surface area contributed by atoms with Gasteiger partial charge in [-0.1, -0.05) is 5.21 Å². The molecule has 2 N–H and O–H groups in total. The van der Waals surface area contributed by atoms with Crippen LogP contribution in [-0.4, -0.2) is 34.6 Å². The lowest BCUT2D eigenvalue weighted by molar-refractivity contribution is -0.142. The zero-order chi connectivity index (χ0) is 9.84. The van der Waals surface area contributed by atoms with E-state index in [2.05, 4.69) is 15.0 Å². The fourth-order valence-electron chi connectivity index (χ4n) is 1.09. The molecular weight excluding hydrogens is 172 g/mol. The smallest absolute Gasteiger partial charge is 0.316 e. The number of carbonyl (C=O) groups is 1. The van der Waals surface area contributed by atoms with Crippen LogP contribution in [0.25, 0.3) is 0 Å². The first-order valence-electron chi connectivity index (χ1n) is 3.83. The first-order chi connectivity index (χ1) is 6.20. The Bertz CT molecular complexity index is 296. The van der Waals surface area contributed by atoms with Crippen LogP contribution in [0, 0.1) is 0 Å². The van der Waals surface area contributed by atoms with Crippen molar-refractivity contribution in [2.45, 2.75) is 5.92 Å². The number of methoxy groups -OCH3 is 1. The standard InChI is InChI=1S/C7H12N4O2/c1-11-6(4-9-10-11)5(3-8)7(12)13-2/h4-5H,3,8H2,1-2H3. The third-order valence-corrected chi connectivity index (χ3v) is 1.83. The Morgan fingerprint density at radius 1 is 1.85 bits per heavy atom. The van der Waals surface area contributed by atoms with Crippen LogP contribution >= 0.6 is 0 Å². The number of ether oxygens (including phenoxy) is 1. The van der Waals surface area contributed by atoms with Gasteiger partial charge in [-0.2, -0.15) is 0 Å². The zero-order valence-corrected chi connectivity index (χ0v) is 7.60.